The summed E-state index contributed by atoms with van der Waals surface area (Å²) < 4.78 is 10.8. The number of nitriles is 1. The van der Waals surface area contributed by atoms with E-state index in [2.05, 4.69) is 9.97 Å². The maximum absolute atomic E-state index is 11.6. The Morgan fingerprint density at radius 1 is 1.27 bits per heavy atom. The number of nitrogens with zero attached hydrogens (tertiary/aromatic N) is 3. The fourth-order valence-corrected chi connectivity index (χ4v) is 2.15. The van der Waals surface area contributed by atoms with E-state index in [-0.39, 0.29) is 11.6 Å². The van der Waals surface area contributed by atoms with E-state index in [1.54, 1.807) is 12.1 Å². The van der Waals surface area contributed by atoms with Crippen LogP contribution in [-0.4, -0.2) is 9.97 Å². The highest BCUT2D eigenvalue weighted by Gasteiger charge is 2.10. The number of aromatic nitrogens is 2. The number of hydrogen-bond acceptors (Lipinski definition) is 6. The number of fused-ring (bicyclic) bond motifs is 1. The van der Waals surface area contributed by atoms with Crippen LogP contribution in [0.2, 0.25) is 0 Å². The van der Waals surface area contributed by atoms with Crippen molar-refractivity contribution in [1.29, 1.82) is 5.26 Å². The van der Waals surface area contributed by atoms with E-state index >= 15 is 0 Å². The third-order valence-corrected chi connectivity index (χ3v) is 3.17. The first-order valence-corrected chi connectivity index (χ1v) is 6.67. The Kier molecular flexibility index (Phi) is 3.54. The Bertz CT molecular complexity index is 941. The van der Waals surface area contributed by atoms with Crippen molar-refractivity contribution >= 4 is 11.0 Å². The van der Waals surface area contributed by atoms with Crippen LogP contribution in [0.3, 0.4) is 0 Å². The number of hydrogen-bond donors (Lipinski definition) is 0. The van der Waals surface area contributed by atoms with Gasteiger partial charge in [0.25, 0.3) is 5.88 Å². The van der Waals surface area contributed by atoms with E-state index in [0.29, 0.717) is 11.3 Å². The Morgan fingerprint density at radius 3 is 2.86 bits per heavy atom. The van der Waals surface area contributed by atoms with Gasteiger partial charge in [0.2, 0.25) is 5.69 Å². The minimum Gasteiger partial charge on any atom is -0.436 e. The van der Waals surface area contributed by atoms with E-state index in [0.717, 1.165) is 17.4 Å². The van der Waals surface area contributed by atoms with Gasteiger partial charge in [-0.1, -0.05) is 6.92 Å². The molecule has 1 aromatic carbocycles. The van der Waals surface area contributed by atoms with E-state index in [1.165, 1.54) is 18.5 Å². The Morgan fingerprint density at radius 2 is 2.09 bits per heavy atom. The number of benzene rings is 1. The lowest BCUT2D eigenvalue weighted by Crippen LogP contribution is -2.00. The molecule has 22 heavy (non-hydrogen) atoms. The van der Waals surface area contributed by atoms with E-state index in [1.807, 2.05) is 19.1 Å². The lowest BCUT2D eigenvalue weighted by molar-refractivity contribution is 0.456. The van der Waals surface area contributed by atoms with Crippen LogP contribution < -0.4 is 10.4 Å². The van der Waals surface area contributed by atoms with Crippen LogP contribution in [0, 0.1) is 11.3 Å². The molecule has 3 aromatic rings. The maximum atomic E-state index is 11.6. The second-order valence-electron chi connectivity index (χ2n) is 4.53. The highest BCUT2D eigenvalue weighted by Crippen LogP contribution is 2.26. The fourth-order valence-electron chi connectivity index (χ4n) is 2.15. The quantitative estimate of drug-likeness (QED) is 0.690. The van der Waals surface area contributed by atoms with Crippen LogP contribution in [0.1, 0.15) is 18.2 Å². The molecule has 0 aliphatic carbocycles. The summed E-state index contributed by atoms with van der Waals surface area (Å²) in [6, 6.07) is 8.54. The molecule has 2 aromatic heterocycles. The zero-order valence-electron chi connectivity index (χ0n) is 11.7. The van der Waals surface area contributed by atoms with Gasteiger partial charge in [-0.2, -0.15) is 5.26 Å². The zero-order valence-corrected chi connectivity index (χ0v) is 11.7. The van der Waals surface area contributed by atoms with Gasteiger partial charge in [-0.3, -0.25) is 0 Å². The van der Waals surface area contributed by atoms with Gasteiger partial charge in [0.05, 0.1) is 0 Å². The van der Waals surface area contributed by atoms with Gasteiger partial charge >= 0.3 is 5.63 Å². The molecule has 0 bridgehead atoms. The molecule has 0 radical (unpaired) electrons. The number of rotatable bonds is 3. The molecule has 0 fully saturated rings. The minimum absolute atomic E-state index is 0.0892. The monoisotopic (exact) mass is 293 g/mol. The Hall–Kier alpha value is -3.20. The van der Waals surface area contributed by atoms with Crippen LogP contribution in [0.15, 0.2) is 45.9 Å². The van der Waals surface area contributed by atoms with Crippen LogP contribution in [-0.2, 0) is 6.42 Å². The van der Waals surface area contributed by atoms with Gasteiger partial charge in [-0.05, 0) is 24.1 Å². The van der Waals surface area contributed by atoms with E-state index in [9.17, 15) is 4.79 Å². The Labute approximate surface area is 125 Å². The lowest BCUT2D eigenvalue weighted by Gasteiger charge is -2.07. The van der Waals surface area contributed by atoms with Crippen molar-refractivity contribution in [2.75, 3.05) is 0 Å². The predicted molar refractivity (Wildman–Crippen MR) is 78.7 cm³/mol. The summed E-state index contributed by atoms with van der Waals surface area (Å²) in [6.07, 6.45) is 3.58. The summed E-state index contributed by atoms with van der Waals surface area (Å²) in [7, 11) is 0. The second-order valence-corrected chi connectivity index (χ2v) is 4.53. The molecular weight excluding hydrogens is 282 g/mol. The highest BCUT2D eigenvalue weighted by molar-refractivity contribution is 5.81. The molecule has 0 aliphatic rings. The van der Waals surface area contributed by atoms with Gasteiger partial charge in [-0.15, -0.1) is 0 Å². The van der Waals surface area contributed by atoms with Crippen LogP contribution in [0.4, 0.5) is 0 Å². The van der Waals surface area contributed by atoms with Crippen molar-refractivity contribution in [1.82, 2.24) is 9.97 Å². The largest absolute Gasteiger partial charge is 0.436 e. The predicted octanol–water partition coefficient (Wildman–Crippen LogP) is 2.81. The van der Waals surface area contributed by atoms with Gasteiger partial charge in [0, 0.05) is 29.9 Å². The molecule has 0 spiro atoms. The van der Waals surface area contributed by atoms with Crippen LogP contribution in [0.25, 0.3) is 11.0 Å². The molecule has 6 nitrogen and oxygen atoms in total. The minimum atomic E-state index is -0.404. The summed E-state index contributed by atoms with van der Waals surface area (Å²) >= 11 is 0. The van der Waals surface area contributed by atoms with Gasteiger partial charge in [0.1, 0.15) is 17.4 Å². The van der Waals surface area contributed by atoms with Gasteiger partial charge in [0.15, 0.2) is 0 Å². The van der Waals surface area contributed by atoms with Gasteiger partial charge in [-0.25, -0.2) is 14.8 Å². The summed E-state index contributed by atoms with van der Waals surface area (Å²) in [5, 5.41) is 9.84. The van der Waals surface area contributed by atoms with Crippen LogP contribution in [0.5, 0.6) is 11.6 Å². The molecule has 6 heteroatoms. The first kappa shape index (κ1) is 13.8. The molecule has 0 N–H and O–H groups in total. The fraction of sp³-hybridized carbons (Fsp3) is 0.125. The molecule has 0 unspecified atom stereocenters. The second kappa shape index (κ2) is 5.66. The first-order valence-electron chi connectivity index (χ1n) is 6.67. The van der Waals surface area contributed by atoms with Crippen molar-refractivity contribution in [3.63, 3.8) is 0 Å². The molecule has 0 saturated carbocycles. The standard InChI is InChI=1S/C16H11N3O3/c1-2-10-7-15(20)22-14-8-11(3-4-12(10)14)21-16-13(9-17)18-5-6-19-16/h3-8H,2H2,1H3. The average Bonchev–Trinajstić information content (AvgIpc) is 2.54. The number of aryl methyl sites for hydroxylation is 1. The molecule has 0 saturated heterocycles. The summed E-state index contributed by atoms with van der Waals surface area (Å²) in [6.45, 7) is 1.97. The highest BCUT2D eigenvalue weighted by atomic mass is 16.5. The SMILES string of the molecule is CCc1cc(=O)oc2cc(Oc3nccnc3C#N)ccc12. The van der Waals surface area contributed by atoms with Gasteiger partial charge < -0.3 is 9.15 Å². The normalized spacial score (nSPS) is 10.4. The van der Waals surface area contributed by atoms with Crippen LogP contribution >= 0.6 is 0 Å². The molecule has 0 atom stereocenters. The topological polar surface area (TPSA) is 89.0 Å². The average molecular weight is 293 g/mol. The molecule has 3 rings (SSSR count). The van der Waals surface area contributed by atoms with E-state index in [4.69, 9.17) is 14.4 Å². The molecular formula is C16H11N3O3. The molecule has 108 valence electrons. The number of ether oxygens (including phenoxy) is 1. The van der Waals surface area contributed by atoms with Crippen molar-refractivity contribution in [3.05, 3.63) is 58.3 Å². The maximum Gasteiger partial charge on any atom is 0.336 e. The molecule has 0 aliphatic heterocycles. The van der Waals surface area contributed by atoms with Crippen molar-refractivity contribution in [3.8, 4) is 17.7 Å². The summed E-state index contributed by atoms with van der Waals surface area (Å²) in [5.74, 6) is 0.527. The lowest BCUT2D eigenvalue weighted by atomic mass is 10.1. The third kappa shape index (κ3) is 2.52. The Balaban J connectivity index is 2.06. The van der Waals surface area contributed by atoms with E-state index < -0.39 is 5.63 Å². The van der Waals surface area contributed by atoms with Crippen molar-refractivity contribution < 1.29 is 9.15 Å². The summed E-state index contributed by atoms with van der Waals surface area (Å²) in [5.41, 5.74) is 1.03. The molecule has 0 amide bonds. The summed E-state index contributed by atoms with van der Waals surface area (Å²) in [4.78, 5) is 19.4. The van der Waals surface area contributed by atoms with Crippen molar-refractivity contribution in [2.45, 2.75) is 13.3 Å². The first-order chi connectivity index (χ1) is 10.7. The molecule has 2 heterocycles. The zero-order chi connectivity index (χ0) is 15.5. The smallest absolute Gasteiger partial charge is 0.336 e. The van der Waals surface area contributed by atoms with Crippen molar-refractivity contribution in [2.24, 2.45) is 0 Å². The third-order valence-electron chi connectivity index (χ3n) is 3.17.